The number of anilines is 1. The number of hydrogen-bond acceptors (Lipinski definition) is 5. The highest BCUT2D eigenvalue weighted by Crippen LogP contribution is 2.28. The maximum Gasteiger partial charge on any atom is 0.387 e. The molecule has 10 heteroatoms. The molecule has 1 N–H and O–H groups in total. The normalized spacial score (nSPS) is 18.2. The van der Waals surface area contributed by atoms with Gasteiger partial charge in [0.2, 0.25) is 15.9 Å². The molecular formula is C23H27F2N3O4S. The summed E-state index contributed by atoms with van der Waals surface area (Å²) in [4.78, 5) is 14.9. The van der Waals surface area contributed by atoms with Crippen LogP contribution < -0.4 is 10.1 Å². The quantitative estimate of drug-likeness (QED) is 0.660. The van der Waals surface area contributed by atoms with Gasteiger partial charge in [-0.25, -0.2) is 8.42 Å². The second-order valence-corrected chi connectivity index (χ2v) is 10.2. The van der Waals surface area contributed by atoms with Crippen LogP contribution in [0.4, 0.5) is 14.5 Å². The third-order valence-electron chi connectivity index (χ3n) is 6.27. The number of halogens is 2. The molecule has 1 amide bonds. The van der Waals surface area contributed by atoms with Crippen LogP contribution in [0.1, 0.15) is 24.5 Å². The maximum atomic E-state index is 13.1. The number of nitrogens with one attached hydrogen (secondary N) is 1. The summed E-state index contributed by atoms with van der Waals surface area (Å²) < 4.78 is 57.4. The number of fused-ring (bicyclic) bond motifs is 1. The van der Waals surface area contributed by atoms with Gasteiger partial charge in [0.25, 0.3) is 0 Å². The van der Waals surface area contributed by atoms with Crippen LogP contribution in [-0.4, -0.2) is 62.4 Å². The van der Waals surface area contributed by atoms with Crippen molar-refractivity contribution in [2.75, 3.05) is 31.5 Å². The number of alkyl halides is 2. The maximum absolute atomic E-state index is 13.1. The number of carbonyl (C=O) groups excluding carboxylic acids is 1. The van der Waals surface area contributed by atoms with Crippen LogP contribution in [0.15, 0.2) is 47.4 Å². The summed E-state index contributed by atoms with van der Waals surface area (Å²) in [5.41, 5.74) is 2.49. The molecule has 0 radical (unpaired) electrons. The number of sulfonamides is 1. The molecule has 0 aromatic heterocycles. The van der Waals surface area contributed by atoms with E-state index in [9.17, 15) is 22.0 Å². The standard InChI is InChI=1S/C23H27F2N3O4S/c1-16(22(29)26-20-7-2-3-8-21(20)32-23(24)25)27-11-13-28(14-12-27)33(30,31)19-10-9-17-5-4-6-18(17)15-19/h2-3,7-10,15-16,23H,4-6,11-14H2,1H3,(H,26,29). The summed E-state index contributed by atoms with van der Waals surface area (Å²) in [5.74, 6) is -0.492. The van der Waals surface area contributed by atoms with E-state index in [-0.39, 0.29) is 30.4 Å². The highest BCUT2D eigenvalue weighted by molar-refractivity contribution is 7.89. The molecule has 0 bridgehead atoms. The Hall–Kier alpha value is -2.56. The molecule has 0 saturated carbocycles. The number of carbonyl (C=O) groups is 1. The predicted molar refractivity (Wildman–Crippen MR) is 120 cm³/mol. The van der Waals surface area contributed by atoms with Gasteiger partial charge in [-0.2, -0.15) is 13.1 Å². The third-order valence-corrected chi connectivity index (χ3v) is 8.16. The van der Waals surface area contributed by atoms with Gasteiger partial charge >= 0.3 is 6.61 Å². The minimum Gasteiger partial charge on any atom is -0.433 e. The fraction of sp³-hybridized carbons (Fsp3) is 0.435. The van der Waals surface area contributed by atoms with E-state index in [1.165, 1.54) is 28.1 Å². The van der Waals surface area contributed by atoms with Crippen molar-refractivity contribution in [3.8, 4) is 5.75 Å². The molecule has 4 rings (SSSR count). The van der Waals surface area contributed by atoms with Gasteiger partial charge < -0.3 is 10.1 Å². The molecule has 33 heavy (non-hydrogen) atoms. The van der Waals surface area contributed by atoms with Crippen molar-refractivity contribution >= 4 is 21.6 Å². The number of piperazine rings is 1. The van der Waals surface area contributed by atoms with Crippen LogP contribution in [0, 0.1) is 0 Å². The Kier molecular flexibility index (Phi) is 6.96. The number of benzene rings is 2. The molecule has 2 aliphatic rings. The topological polar surface area (TPSA) is 79.0 Å². The lowest BCUT2D eigenvalue weighted by Crippen LogP contribution is -2.53. The zero-order valence-corrected chi connectivity index (χ0v) is 19.2. The Bertz CT molecular complexity index is 1120. The first kappa shape index (κ1) is 23.6. The van der Waals surface area contributed by atoms with E-state index >= 15 is 0 Å². The number of para-hydroxylation sites is 2. The Morgan fingerprint density at radius 1 is 1.03 bits per heavy atom. The number of nitrogens with zero attached hydrogens (tertiary/aromatic N) is 2. The van der Waals surface area contributed by atoms with Crippen molar-refractivity contribution in [1.29, 1.82) is 0 Å². The summed E-state index contributed by atoms with van der Waals surface area (Å²) >= 11 is 0. The lowest BCUT2D eigenvalue weighted by Gasteiger charge is -2.36. The SMILES string of the molecule is CC(C(=O)Nc1ccccc1OC(F)F)N1CCN(S(=O)(=O)c2ccc3c(c2)CCC3)CC1. The molecule has 2 aromatic rings. The Balaban J connectivity index is 1.37. The van der Waals surface area contributed by atoms with Gasteiger partial charge in [0.05, 0.1) is 16.6 Å². The minimum absolute atomic E-state index is 0.113. The highest BCUT2D eigenvalue weighted by Gasteiger charge is 2.32. The average molecular weight is 480 g/mol. The number of rotatable bonds is 7. The Labute approximate surface area is 192 Å². The van der Waals surface area contributed by atoms with E-state index in [1.807, 2.05) is 11.0 Å². The fourth-order valence-electron chi connectivity index (χ4n) is 4.36. The number of aryl methyl sites for hydroxylation is 2. The van der Waals surface area contributed by atoms with Crippen LogP contribution in [0.25, 0.3) is 0 Å². The van der Waals surface area contributed by atoms with Crippen molar-refractivity contribution in [2.45, 2.75) is 43.7 Å². The van der Waals surface area contributed by atoms with Gasteiger partial charge in [-0.15, -0.1) is 0 Å². The van der Waals surface area contributed by atoms with E-state index in [0.717, 1.165) is 24.8 Å². The lowest BCUT2D eigenvalue weighted by atomic mass is 10.1. The molecule has 7 nitrogen and oxygen atoms in total. The molecule has 1 saturated heterocycles. The average Bonchev–Trinajstić information content (AvgIpc) is 3.27. The van der Waals surface area contributed by atoms with Crippen molar-refractivity contribution in [3.63, 3.8) is 0 Å². The Morgan fingerprint density at radius 2 is 1.73 bits per heavy atom. The van der Waals surface area contributed by atoms with E-state index in [1.54, 1.807) is 25.1 Å². The van der Waals surface area contributed by atoms with Gasteiger partial charge in [0.1, 0.15) is 5.75 Å². The third kappa shape index (κ3) is 5.18. The van der Waals surface area contributed by atoms with Crippen molar-refractivity contribution in [3.05, 3.63) is 53.6 Å². The summed E-state index contributed by atoms with van der Waals surface area (Å²) in [6.07, 6.45) is 2.95. The molecule has 178 valence electrons. The molecule has 2 aromatic carbocycles. The summed E-state index contributed by atoms with van der Waals surface area (Å²) in [6.45, 7) is 0.00375. The first-order valence-electron chi connectivity index (χ1n) is 11.0. The molecular weight excluding hydrogens is 452 g/mol. The smallest absolute Gasteiger partial charge is 0.387 e. The van der Waals surface area contributed by atoms with E-state index in [0.29, 0.717) is 18.0 Å². The summed E-state index contributed by atoms with van der Waals surface area (Å²) in [5, 5.41) is 2.63. The van der Waals surface area contributed by atoms with Crippen LogP contribution in [-0.2, 0) is 27.7 Å². The first-order valence-corrected chi connectivity index (χ1v) is 12.4. The van der Waals surface area contributed by atoms with Crippen molar-refractivity contribution < 1.29 is 26.7 Å². The number of ether oxygens (including phenoxy) is 1. The molecule has 1 aliphatic carbocycles. The Morgan fingerprint density at radius 3 is 2.45 bits per heavy atom. The zero-order valence-electron chi connectivity index (χ0n) is 18.3. The van der Waals surface area contributed by atoms with Crippen LogP contribution >= 0.6 is 0 Å². The largest absolute Gasteiger partial charge is 0.433 e. The highest BCUT2D eigenvalue weighted by atomic mass is 32.2. The van der Waals surface area contributed by atoms with E-state index in [4.69, 9.17) is 0 Å². The van der Waals surface area contributed by atoms with Crippen molar-refractivity contribution in [2.24, 2.45) is 0 Å². The minimum atomic E-state index is -3.60. The van der Waals surface area contributed by atoms with E-state index in [2.05, 4.69) is 10.1 Å². The van der Waals surface area contributed by atoms with Gasteiger partial charge in [-0.3, -0.25) is 9.69 Å². The fourth-order valence-corrected chi connectivity index (χ4v) is 5.83. The van der Waals surface area contributed by atoms with Crippen LogP contribution in [0.3, 0.4) is 0 Å². The van der Waals surface area contributed by atoms with Gasteiger partial charge in [0.15, 0.2) is 0 Å². The first-order chi connectivity index (χ1) is 15.8. The summed E-state index contributed by atoms with van der Waals surface area (Å²) in [6, 6.07) is 10.8. The molecule has 1 atom stereocenters. The van der Waals surface area contributed by atoms with Gasteiger partial charge in [-0.1, -0.05) is 18.2 Å². The van der Waals surface area contributed by atoms with Gasteiger partial charge in [-0.05, 0) is 61.6 Å². The van der Waals surface area contributed by atoms with Gasteiger partial charge in [0, 0.05) is 26.2 Å². The molecule has 1 fully saturated rings. The predicted octanol–water partition coefficient (Wildman–Crippen LogP) is 3.11. The molecule has 1 aliphatic heterocycles. The second-order valence-electron chi connectivity index (χ2n) is 8.26. The monoisotopic (exact) mass is 479 g/mol. The zero-order chi connectivity index (χ0) is 23.6. The molecule has 0 spiro atoms. The number of amides is 1. The summed E-state index contributed by atoms with van der Waals surface area (Å²) in [7, 11) is -3.60. The van der Waals surface area contributed by atoms with Crippen LogP contribution in [0.2, 0.25) is 0 Å². The number of hydrogen-bond donors (Lipinski definition) is 1. The molecule has 1 heterocycles. The second kappa shape index (κ2) is 9.74. The van der Waals surface area contributed by atoms with Crippen molar-refractivity contribution in [1.82, 2.24) is 9.21 Å². The van der Waals surface area contributed by atoms with Crippen LogP contribution in [0.5, 0.6) is 5.75 Å². The molecule has 1 unspecified atom stereocenters. The van der Waals surface area contributed by atoms with E-state index < -0.39 is 22.7 Å². The lowest BCUT2D eigenvalue weighted by molar-refractivity contribution is -0.121.